The molecule has 1 aromatic carbocycles. The van der Waals surface area contributed by atoms with E-state index in [1.807, 2.05) is 18.2 Å². The molecule has 324 valence electrons. The van der Waals surface area contributed by atoms with Gasteiger partial charge in [0.05, 0.1) is 45.7 Å². The Hall–Kier alpha value is -4.28. The summed E-state index contributed by atoms with van der Waals surface area (Å²) < 4.78 is 26.3. The summed E-state index contributed by atoms with van der Waals surface area (Å²) in [5.74, 6) is -1.62. The van der Waals surface area contributed by atoms with E-state index in [9.17, 15) is 28.8 Å². The van der Waals surface area contributed by atoms with Crippen molar-refractivity contribution in [1.29, 1.82) is 0 Å². The first kappa shape index (κ1) is 46.4. The maximum Gasteiger partial charge on any atom is 0.410 e. The quantitative estimate of drug-likeness (QED) is 0.122. The molecule has 5 amide bonds. The molecule has 16 nitrogen and oxygen atoms in total. The number of nitrogens with one attached hydrogen (secondary N) is 3. The predicted octanol–water partition coefficient (Wildman–Crippen LogP) is 3.20. The number of benzene rings is 1. The number of ether oxygens (including phenoxy) is 5. The molecule has 2 aliphatic carbocycles. The Morgan fingerprint density at radius 1 is 0.879 bits per heavy atom. The van der Waals surface area contributed by atoms with Gasteiger partial charge in [0.2, 0.25) is 23.6 Å². The first-order chi connectivity index (χ1) is 27.8. The van der Waals surface area contributed by atoms with E-state index in [2.05, 4.69) is 26.8 Å². The molecule has 3 aliphatic rings. The third-order valence-electron chi connectivity index (χ3n) is 10.9. The second kappa shape index (κ2) is 23.3. The Kier molecular flexibility index (Phi) is 18.7. The van der Waals surface area contributed by atoms with Gasteiger partial charge >= 0.3 is 6.09 Å². The van der Waals surface area contributed by atoms with Gasteiger partial charge in [-0.05, 0) is 83.3 Å². The van der Waals surface area contributed by atoms with Crippen LogP contribution in [0.25, 0.3) is 0 Å². The van der Waals surface area contributed by atoms with Crippen LogP contribution in [0.1, 0.15) is 103 Å². The molecular formula is C42H65N5O11. The second-order valence-corrected chi connectivity index (χ2v) is 16.4. The minimum atomic E-state index is -0.937. The zero-order valence-corrected chi connectivity index (χ0v) is 35.0. The average Bonchev–Trinajstić information content (AvgIpc) is 3.63. The zero-order chi connectivity index (χ0) is 42.1. The minimum absolute atomic E-state index is 0.0732. The molecule has 16 heteroatoms. The summed E-state index contributed by atoms with van der Waals surface area (Å²) in [5, 5.41) is 9.23. The van der Waals surface area contributed by atoms with E-state index in [-0.39, 0.29) is 75.5 Å². The Morgan fingerprint density at radius 3 is 2.21 bits per heavy atom. The van der Waals surface area contributed by atoms with Gasteiger partial charge in [-0.2, -0.15) is 0 Å². The summed E-state index contributed by atoms with van der Waals surface area (Å²) in [6, 6.07) is 4.59. The molecule has 0 spiro atoms. The highest BCUT2D eigenvalue weighted by molar-refractivity contribution is 5.94. The number of amides is 5. The lowest BCUT2D eigenvalue weighted by atomic mass is 9.83. The molecule has 1 aliphatic heterocycles. The van der Waals surface area contributed by atoms with Crippen LogP contribution in [0.15, 0.2) is 24.3 Å². The topological polar surface area (TPSA) is 191 Å². The van der Waals surface area contributed by atoms with E-state index < -0.39 is 41.8 Å². The monoisotopic (exact) mass is 815 g/mol. The number of nitrogens with zero attached hydrogens (tertiary/aromatic N) is 2. The van der Waals surface area contributed by atoms with E-state index >= 15 is 0 Å². The number of carbonyl (C=O) groups is 6. The van der Waals surface area contributed by atoms with Crippen molar-refractivity contribution in [2.75, 3.05) is 59.8 Å². The zero-order valence-electron chi connectivity index (χ0n) is 35.0. The van der Waals surface area contributed by atoms with Gasteiger partial charge < -0.3 is 44.5 Å². The van der Waals surface area contributed by atoms with Crippen LogP contribution in [0.5, 0.6) is 0 Å². The summed E-state index contributed by atoms with van der Waals surface area (Å²) in [6.45, 7) is 9.18. The van der Waals surface area contributed by atoms with Gasteiger partial charge in [-0.25, -0.2) is 4.79 Å². The number of aryl methyl sites for hydroxylation is 1. The van der Waals surface area contributed by atoms with Crippen LogP contribution in [-0.2, 0) is 54.1 Å². The molecule has 1 saturated heterocycles. The van der Waals surface area contributed by atoms with Crippen molar-refractivity contribution in [3.8, 4) is 0 Å². The largest absolute Gasteiger partial charge is 0.465 e. The summed E-state index contributed by atoms with van der Waals surface area (Å²) in [6.07, 6.45) is 6.54. The Bertz CT molecular complexity index is 1510. The number of hydrogen-bond donors (Lipinski definition) is 3. The van der Waals surface area contributed by atoms with Gasteiger partial charge in [-0.3, -0.25) is 28.9 Å². The van der Waals surface area contributed by atoms with E-state index in [0.29, 0.717) is 26.3 Å². The smallest absolute Gasteiger partial charge is 0.410 e. The lowest BCUT2D eigenvalue weighted by Crippen LogP contribution is -2.59. The minimum Gasteiger partial charge on any atom is -0.465 e. The predicted molar refractivity (Wildman–Crippen MR) is 213 cm³/mol. The maximum atomic E-state index is 14.8. The van der Waals surface area contributed by atoms with Crippen molar-refractivity contribution in [2.24, 2.45) is 5.92 Å². The average molecular weight is 816 g/mol. The first-order valence-corrected chi connectivity index (χ1v) is 20.8. The highest BCUT2D eigenvalue weighted by atomic mass is 16.6. The SMILES string of the molecule is C[C@@H](C(=O)N[C@H](C(=O)N1C[C@@H](NC(=O)CCOCCOCCOCCOC=O)C[C@H]1C(=O)N[C@@H]1CCCc2ccccc21)C1CCCCC1)N(C)C(=O)OC(C)(C)C. The normalized spacial score (nSPS) is 20.6. The van der Waals surface area contributed by atoms with Gasteiger partial charge in [-0.1, -0.05) is 43.5 Å². The third-order valence-corrected chi connectivity index (χ3v) is 10.9. The van der Waals surface area contributed by atoms with Crippen molar-refractivity contribution >= 4 is 36.2 Å². The number of fused-ring (bicyclic) bond motifs is 1. The summed E-state index contributed by atoms with van der Waals surface area (Å²) >= 11 is 0. The molecule has 1 aromatic rings. The van der Waals surface area contributed by atoms with Gasteiger partial charge in [0.25, 0.3) is 6.47 Å². The van der Waals surface area contributed by atoms with Crippen molar-refractivity contribution in [2.45, 2.75) is 128 Å². The van der Waals surface area contributed by atoms with Crippen LogP contribution < -0.4 is 16.0 Å². The number of hydrogen-bond acceptors (Lipinski definition) is 11. The fourth-order valence-corrected chi connectivity index (χ4v) is 7.74. The number of rotatable bonds is 21. The van der Waals surface area contributed by atoms with Crippen LogP contribution in [-0.4, -0.2) is 136 Å². The molecule has 3 N–H and O–H groups in total. The van der Waals surface area contributed by atoms with Crippen LogP contribution in [0.4, 0.5) is 4.79 Å². The Labute approximate surface area is 342 Å². The van der Waals surface area contributed by atoms with E-state index in [1.165, 1.54) is 22.4 Å². The third kappa shape index (κ3) is 14.5. The highest BCUT2D eigenvalue weighted by Crippen LogP contribution is 2.32. The van der Waals surface area contributed by atoms with Crippen LogP contribution in [0.3, 0.4) is 0 Å². The van der Waals surface area contributed by atoms with Gasteiger partial charge in [0, 0.05) is 26.1 Å². The number of likely N-dealkylation sites (tertiary alicyclic amines) is 1. The molecule has 58 heavy (non-hydrogen) atoms. The molecular weight excluding hydrogens is 750 g/mol. The Morgan fingerprint density at radius 2 is 1.53 bits per heavy atom. The van der Waals surface area contributed by atoms with E-state index in [0.717, 1.165) is 56.9 Å². The molecule has 0 aromatic heterocycles. The van der Waals surface area contributed by atoms with Crippen molar-refractivity contribution in [3.63, 3.8) is 0 Å². The van der Waals surface area contributed by atoms with Crippen LogP contribution >= 0.6 is 0 Å². The Balaban J connectivity index is 1.42. The molecule has 0 bridgehead atoms. The molecule has 2 fully saturated rings. The van der Waals surface area contributed by atoms with E-state index in [4.69, 9.17) is 18.9 Å². The molecule has 1 heterocycles. The fraction of sp³-hybridized carbons (Fsp3) is 0.714. The molecule has 0 unspecified atom stereocenters. The molecule has 5 atom stereocenters. The van der Waals surface area contributed by atoms with Crippen molar-refractivity contribution in [1.82, 2.24) is 25.8 Å². The first-order valence-electron chi connectivity index (χ1n) is 20.8. The van der Waals surface area contributed by atoms with Gasteiger partial charge in [0.15, 0.2) is 0 Å². The standard InChI is InChI=1S/C42H65N5O11/c1-29(46(5)41(53)58-42(2,3)4)38(50)45-37(31-13-7-6-8-14-31)40(52)47-27-32(43-36(49)18-19-54-20-21-55-22-23-56-24-25-57-28-48)26-35(47)39(51)44-34-17-11-15-30-12-9-10-16-33(30)34/h9-10,12,16,28-29,31-32,34-35,37H,6-8,11,13-15,17-27H2,1-5H3,(H,43,49)(H,44,51)(H,45,50)/t29-,32-,34+,35-,37-/m0/s1. The fourth-order valence-electron chi connectivity index (χ4n) is 7.74. The van der Waals surface area contributed by atoms with E-state index in [1.54, 1.807) is 27.7 Å². The van der Waals surface area contributed by atoms with Crippen LogP contribution in [0, 0.1) is 5.92 Å². The van der Waals surface area contributed by atoms with Gasteiger partial charge in [-0.15, -0.1) is 0 Å². The van der Waals surface area contributed by atoms with Crippen LogP contribution in [0.2, 0.25) is 0 Å². The number of likely N-dealkylation sites (N-methyl/N-ethyl adjacent to an activating group) is 1. The maximum absolute atomic E-state index is 14.8. The highest BCUT2D eigenvalue weighted by Gasteiger charge is 2.45. The van der Waals surface area contributed by atoms with Crippen molar-refractivity contribution < 1.29 is 52.5 Å². The molecule has 4 rings (SSSR count). The summed E-state index contributed by atoms with van der Waals surface area (Å²) in [7, 11) is 1.49. The molecule has 0 radical (unpaired) electrons. The number of carbonyl (C=O) groups excluding carboxylic acids is 6. The lowest BCUT2D eigenvalue weighted by Gasteiger charge is -2.36. The molecule has 1 saturated carbocycles. The lowest BCUT2D eigenvalue weighted by molar-refractivity contribution is -0.143. The van der Waals surface area contributed by atoms with Crippen molar-refractivity contribution in [3.05, 3.63) is 35.4 Å². The summed E-state index contributed by atoms with van der Waals surface area (Å²) in [5.41, 5.74) is 1.50. The summed E-state index contributed by atoms with van der Waals surface area (Å²) in [4.78, 5) is 81.7. The van der Waals surface area contributed by atoms with Gasteiger partial charge in [0.1, 0.15) is 30.3 Å². The second-order valence-electron chi connectivity index (χ2n) is 16.4.